The Kier molecular flexibility index (Phi) is 5.26. The van der Waals surface area contributed by atoms with E-state index in [1.54, 1.807) is 18.2 Å². The van der Waals surface area contributed by atoms with Crippen LogP contribution in [0.1, 0.15) is 5.56 Å². The van der Waals surface area contributed by atoms with Crippen LogP contribution in [0.2, 0.25) is 0 Å². The summed E-state index contributed by atoms with van der Waals surface area (Å²) in [7, 11) is 0. The molecule has 1 heterocycles. The Morgan fingerprint density at radius 1 is 0.793 bits per heavy atom. The van der Waals surface area contributed by atoms with Crippen LogP contribution in [-0.4, -0.2) is 15.2 Å². The summed E-state index contributed by atoms with van der Waals surface area (Å²) >= 11 is 0. The van der Waals surface area contributed by atoms with E-state index in [1.165, 1.54) is 6.20 Å². The average Bonchev–Trinajstić information content (AvgIpc) is 2.77. The monoisotopic (exact) mass is 380 g/mol. The predicted molar refractivity (Wildman–Crippen MR) is 111 cm³/mol. The number of rotatable bonds is 6. The number of anilines is 4. The lowest BCUT2D eigenvalue weighted by atomic mass is 10.2. The molecule has 3 aromatic carbocycles. The maximum atomic E-state index is 9.20. The van der Waals surface area contributed by atoms with Crippen molar-refractivity contribution in [2.45, 2.75) is 0 Å². The third-order valence-electron chi connectivity index (χ3n) is 3.96. The summed E-state index contributed by atoms with van der Waals surface area (Å²) in [5.74, 6) is 2.32. The van der Waals surface area contributed by atoms with Crippen molar-refractivity contribution in [1.29, 1.82) is 5.26 Å². The van der Waals surface area contributed by atoms with Crippen molar-refractivity contribution in [2.75, 3.05) is 10.6 Å². The number of hydrogen-bond donors (Lipinski definition) is 2. The third-order valence-corrected chi connectivity index (χ3v) is 3.96. The summed E-state index contributed by atoms with van der Waals surface area (Å²) < 4.78 is 5.78. The second-order valence-electron chi connectivity index (χ2n) is 6.01. The Hall–Kier alpha value is -4.44. The molecule has 0 bridgehead atoms. The summed E-state index contributed by atoms with van der Waals surface area (Å²) in [5.41, 5.74) is 1.97. The van der Waals surface area contributed by atoms with Gasteiger partial charge in [0.25, 0.3) is 0 Å². The van der Waals surface area contributed by atoms with Gasteiger partial charge in [-0.15, -0.1) is 5.10 Å². The molecule has 1 aromatic heterocycles. The molecule has 7 heteroatoms. The topological polar surface area (TPSA) is 95.8 Å². The first-order valence-corrected chi connectivity index (χ1v) is 8.86. The molecule has 140 valence electrons. The first kappa shape index (κ1) is 17.9. The van der Waals surface area contributed by atoms with Crippen LogP contribution in [0.25, 0.3) is 0 Å². The highest BCUT2D eigenvalue weighted by Gasteiger charge is 2.05. The summed E-state index contributed by atoms with van der Waals surface area (Å²) in [6, 6.07) is 26.3. The molecule has 0 fully saturated rings. The summed E-state index contributed by atoms with van der Waals surface area (Å²) in [5, 5.41) is 23.4. The summed E-state index contributed by atoms with van der Waals surface area (Å²) in [4.78, 5) is 4.39. The van der Waals surface area contributed by atoms with Gasteiger partial charge in [-0.05, 0) is 48.5 Å². The highest BCUT2D eigenvalue weighted by atomic mass is 16.5. The van der Waals surface area contributed by atoms with Crippen molar-refractivity contribution in [3.63, 3.8) is 0 Å². The minimum Gasteiger partial charge on any atom is -0.457 e. The maximum absolute atomic E-state index is 9.20. The molecule has 4 aromatic rings. The standard InChI is InChI=1S/C22H16N6O/c23-14-16-6-4-5-9-20(16)26-21-15-24-28-22(27-21)25-17-10-12-19(13-11-17)29-18-7-2-1-3-8-18/h1-13,15H,(H2,25,26,27,28). The molecule has 0 aliphatic carbocycles. The number of nitrogens with zero attached hydrogens (tertiary/aromatic N) is 4. The van der Waals surface area contributed by atoms with Crippen LogP contribution in [-0.2, 0) is 0 Å². The molecule has 0 spiro atoms. The molecule has 7 nitrogen and oxygen atoms in total. The number of aromatic nitrogens is 3. The van der Waals surface area contributed by atoms with E-state index in [-0.39, 0.29) is 0 Å². The van der Waals surface area contributed by atoms with Crippen molar-refractivity contribution in [3.05, 3.63) is 90.6 Å². The molecular formula is C22H16N6O. The highest BCUT2D eigenvalue weighted by Crippen LogP contribution is 2.24. The zero-order valence-electron chi connectivity index (χ0n) is 15.3. The molecule has 0 saturated carbocycles. The van der Waals surface area contributed by atoms with Crippen LogP contribution in [0.3, 0.4) is 0 Å². The molecule has 0 radical (unpaired) electrons. The molecule has 2 N–H and O–H groups in total. The van der Waals surface area contributed by atoms with Gasteiger partial charge < -0.3 is 15.4 Å². The molecule has 0 saturated heterocycles. The van der Waals surface area contributed by atoms with Crippen LogP contribution in [0.4, 0.5) is 23.1 Å². The summed E-state index contributed by atoms with van der Waals surface area (Å²) in [6.07, 6.45) is 1.50. The van der Waals surface area contributed by atoms with Crippen molar-refractivity contribution < 1.29 is 4.74 Å². The zero-order valence-corrected chi connectivity index (χ0v) is 15.3. The van der Waals surface area contributed by atoms with Crippen LogP contribution in [0.5, 0.6) is 11.5 Å². The number of benzene rings is 3. The Labute approximate surface area is 167 Å². The van der Waals surface area contributed by atoms with Gasteiger partial charge in [-0.1, -0.05) is 30.3 Å². The van der Waals surface area contributed by atoms with E-state index >= 15 is 0 Å². The van der Waals surface area contributed by atoms with Gasteiger partial charge in [-0.3, -0.25) is 0 Å². The highest BCUT2D eigenvalue weighted by molar-refractivity contribution is 5.65. The van der Waals surface area contributed by atoms with E-state index in [1.807, 2.05) is 60.7 Å². The van der Waals surface area contributed by atoms with E-state index in [0.29, 0.717) is 23.0 Å². The minimum absolute atomic E-state index is 0.334. The van der Waals surface area contributed by atoms with E-state index in [0.717, 1.165) is 17.2 Å². The first-order valence-electron chi connectivity index (χ1n) is 8.86. The van der Waals surface area contributed by atoms with Gasteiger partial charge in [-0.2, -0.15) is 15.3 Å². The van der Waals surface area contributed by atoms with Crippen molar-refractivity contribution in [1.82, 2.24) is 15.2 Å². The largest absolute Gasteiger partial charge is 0.457 e. The van der Waals surface area contributed by atoms with Crippen LogP contribution in [0.15, 0.2) is 85.1 Å². The molecule has 4 rings (SSSR count). The Balaban J connectivity index is 1.44. The van der Waals surface area contributed by atoms with Crippen molar-refractivity contribution >= 4 is 23.1 Å². The number of para-hydroxylation sites is 2. The van der Waals surface area contributed by atoms with Crippen molar-refractivity contribution in [3.8, 4) is 17.6 Å². The molecule has 0 amide bonds. The lowest BCUT2D eigenvalue weighted by Gasteiger charge is -2.09. The Morgan fingerprint density at radius 2 is 1.52 bits per heavy atom. The molecular weight excluding hydrogens is 364 g/mol. The number of nitrogens with one attached hydrogen (secondary N) is 2. The van der Waals surface area contributed by atoms with Gasteiger partial charge in [0.1, 0.15) is 17.6 Å². The predicted octanol–water partition coefficient (Wildman–Crippen LogP) is 5.02. The third kappa shape index (κ3) is 4.64. The number of ether oxygens (including phenoxy) is 1. The second kappa shape index (κ2) is 8.50. The Morgan fingerprint density at radius 3 is 2.31 bits per heavy atom. The van der Waals surface area contributed by atoms with Crippen molar-refractivity contribution in [2.24, 2.45) is 0 Å². The number of nitriles is 1. The summed E-state index contributed by atoms with van der Waals surface area (Å²) in [6.45, 7) is 0. The fourth-order valence-electron chi connectivity index (χ4n) is 2.60. The Bertz CT molecular complexity index is 1140. The van der Waals surface area contributed by atoms with Gasteiger partial charge in [0.15, 0.2) is 5.82 Å². The SMILES string of the molecule is N#Cc1ccccc1Nc1cnnc(Nc2ccc(Oc3ccccc3)cc2)n1. The smallest absolute Gasteiger partial charge is 0.249 e. The fraction of sp³-hybridized carbons (Fsp3) is 0. The molecule has 29 heavy (non-hydrogen) atoms. The minimum atomic E-state index is 0.334. The van der Waals surface area contributed by atoms with E-state index in [2.05, 4.69) is 31.9 Å². The molecule has 0 atom stereocenters. The van der Waals surface area contributed by atoms with E-state index < -0.39 is 0 Å². The molecule has 0 unspecified atom stereocenters. The van der Waals surface area contributed by atoms with Gasteiger partial charge in [-0.25, -0.2) is 0 Å². The van der Waals surface area contributed by atoms with Gasteiger partial charge >= 0.3 is 0 Å². The lowest BCUT2D eigenvalue weighted by Crippen LogP contribution is -2.03. The van der Waals surface area contributed by atoms with Gasteiger partial charge in [0, 0.05) is 5.69 Å². The zero-order chi connectivity index (χ0) is 19.9. The van der Waals surface area contributed by atoms with Gasteiger partial charge in [0.2, 0.25) is 5.95 Å². The van der Waals surface area contributed by atoms with Crippen LogP contribution < -0.4 is 15.4 Å². The van der Waals surface area contributed by atoms with Crippen LogP contribution in [0, 0.1) is 11.3 Å². The average molecular weight is 380 g/mol. The quantitative estimate of drug-likeness (QED) is 0.485. The fourth-order valence-corrected chi connectivity index (χ4v) is 2.60. The maximum Gasteiger partial charge on any atom is 0.249 e. The lowest BCUT2D eigenvalue weighted by molar-refractivity contribution is 0.483. The van der Waals surface area contributed by atoms with E-state index in [4.69, 9.17) is 4.74 Å². The number of hydrogen-bond acceptors (Lipinski definition) is 7. The van der Waals surface area contributed by atoms with Crippen LogP contribution >= 0.6 is 0 Å². The first-order chi connectivity index (χ1) is 14.3. The van der Waals surface area contributed by atoms with Gasteiger partial charge in [0.05, 0.1) is 17.4 Å². The molecule has 0 aliphatic heterocycles. The normalized spacial score (nSPS) is 10.0. The second-order valence-corrected chi connectivity index (χ2v) is 6.01. The van der Waals surface area contributed by atoms with E-state index in [9.17, 15) is 5.26 Å². The molecule has 0 aliphatic rings.